The Morgan fingerprint density at radius 3 is 2.71 bits per heavy atom. The van der Waals surface area contributed by atoms with E-state index in [1.807, 2.05) is 12.1 Å². The third kappa shape index (κ3) is 5.59. The Hall–Kier alpha value is -2.49. The summed E-state index contributed by atoms with van der Waals surface area (Å²) in [5.41, 5.74) is 2.08. The fraction of sp³-hybridized carbons (Fsp3) is 0.440. The van der Waals surface area contributed by atoms with Gasteiger partial charge in [0.25, 0.3) is 0 Å². The quantitative estimate of drug-likeness (QED) is 0.402. The highest BCUT2D eigenvalue weighted by Gasteiger charge is 2.27. The van der Waals surface area contributed by atoms with Gasteiger partial charge in [0.05, 0.1) is 40.6 Å². The number of amides is 1. The molecule has 0 saturated carbocycles. The van der Waals surface area contributed by atoms with Crippen molar-refractivity contribution in [1.82, 2.24) is 4.98 Å². The Labute approximate surface area is 204 Å². The normalized spacial score (nSPS) is 16.1. The molecule has 0 N–H and O–H groups in total. The zero-order valence-corrected chi connectivity index (χ0v) is 21.2. The van der Waals surface area contributed by atoms with Crippen molar-refractivity contribution in [1.29, 1.82) is 0 Å². The molecule has 0 aliphatic carbocycles. The summed E-state index contributed by atoms with van der Waals surface area (Å²) < 4.78 is 37.4. The summed E-state index contributed by atoms with van der Waals surface area (Å²) in [4.78, 5) is 20.0. The fourth-order valence-corrected chi connectivity index (χ4v) is 6.47. The van der Waals surface area contributed by atoms with Gasteiger partial charge in [-0.15, -0.1) is 0 Å². The van der Waals surface area contributed by atoms with E-state index in [2.05, 4.69) is 13.0 Å². The van der Waals surface area contributed by atoms with Crippen LogP contribution in [0.15, 0.2) is 47.4 Å². The van der Waals surface area contributed by atoms with Crippen LogP contribution in [0.5, 0.6) is 5.75 Å². The molecule has 2 aromatic carbocycles. The van der Waals surface area contributed by atoms with Crippen molar-refractivity contribution in [2.24, 2.45) is 0 Å². The van der Waals surface area contributed by atoms with Gasteiger partial charge in [-0.3, -0.25) is 9.69 Å². The second kappa shape index (κ2) is 10.8. The van der Waals surface area contributed by atoms with Crippen LogP contribution in [0.25, 0.3) is 10.2 Å². The number of nitrogens with zero attached hydrogens (tertiary/aromatic N) is 2. The zero-order valence-electron chi connectivity index (χ0n) is 19.5. The van der Waals surface area contributed by atoms with Gasteiger partial charge < -0.3 is 9.47 Å². The Bertz CT molecular complexity index is 1230. The van der Waals surface area contributed by atoms with Crippen molar-refractivity contribution in [2.75, 3.05) is 30.9 Å². The van der Waals surface area contributed by atoms with E-state index in [9.17, 15) is 13.2 Å². The number of benzene rings is 2. The number of hydrogen-bond donors (Lipinski definition) is 0. The summed E-state index contributed by atoms with van der Waals surface area (Å²) in [5.74, 6) is 0.372. The van der Waals surface area contributed by atoms with Gasteiger partial charge in [0.1, 0.15) is 5.75 Å². The number of aryl methyl sites for hydroxylation is 1. The molecule has 0 radical (unpaired) electrons. The minimum absolute atomic E-state index is 0.0235. The first-order chi connectivity index (χ1) is 16.4. The molecular weight excluding hydrogens is 472 g/mol. The maximum Gasteiger partial charge on any atom is 0.228 e. The average Bonchev–Trinajstić information content (AvgIpc) is 3.51. The molecule has 1 aliphatic heterocycles. The SMILES string of the molecule is CCc1cccc2sc(N(CC3CCCO3)C(=O)CCCS(=O)(=O)c3ccc(OC)cc3)nc12. The smallest absolute Gasteiger partial charge is 0.228 e. The molecule has 1 saturated heterocycles. The molecule has 1 unspecified atom stereocenters. The van der Waals surface area contributed by atoms with E-state index in [4.69, 9.17) is 14.5 Å². The van der Waals surface area contributed by atoms with E-state index >= 15 is 0 Å². The minimum Gasteiger partial charge on any atom is -0.497 e. The van der Waals surface area contributed by atoms with E-state index in [0.717, 1.165) is 35.0 Å². The topological polar surface area (TPSA) is 85.8 Å². The van der Waals surface area contributed by atoms with Crippen LogP contribution >= 0.6 is 11.3 Å². The molecule has 9 heteroatoms. The average molecular weight is 503 g/mol. The van der Waals surface area contributed by atoms with Gasteiger partial charge >= 0.3 is 0 Å². The van der Waals surface area contributed by atoms with Gasteiger partial charge in [0.2, 0.25) is 5.91 Å². The summed E-state index contributed by atoms with van der Waals surface area (Å²) in [6.07, 6.45) is 3.08. The number of anilines is 1. The van der Waals surface area contributed by atoms with E-state index in [-0.39, 0.29) is 35.5 Å². The summed E-state index contributed by atoms with van der Waals surface area (Å²) >= 11 is 1.49. The molecule has 0 bridgehead atoms. The molecule has 1 aliphatic rings. The van der Waals surface area contributed by atoms with Gasteiger partial charge in [0.15, 0.2) is 15.0 Å². The van der Waals surface area contributed by atoms with Gasteiger partial charge in [-0.1, -0.05) is 30.4 Å². The molecule has 4 rings (SSSR count). The highest BCUT2D eigenvalue weighted by atomic mass is 32.2. The van der Waals surface area contributed by atoms with Crippen LogP contribution in [0, 0.1) is 0 Å². The monoisotopic (exact) mass is 502 g/mol. The molecule has 0 spiro atoms. The number of aromatic nitrogens is 1. The number of thiazole rings is 1. The first-order valence-corrected chi connectivity index (χ1v) is 14.1. The first kappa shape index (κ1) is 24.6. The molecule has 1 fully saturated rings. The van der Waals surface area contributed by atoms with E-state index in [0.29, 0.717) is 24.0 Å². The van der Waals surface area contributed by atoms with Crippen LogP contribution in [0.1, 0.15) is 38.2 Å². The molecule has 1 aromatic heterocycles. The van der Waals surface area contributed by atoms with Gasteiger partial charge in [0, 0.05) is 13.0 Å². The number of hydrogen-bond acceptors (Lipinski definition) is 7. The van der Waals surface area contributed by atoms with Crippen molar-refractivity contribution in [3.05, 3.63) is 48.0 Å². The maximum atomic E-state index is 13.3. The van der Waals surface area contributed by atoms with Crippen molar-refractivity contribution in [3.63, 3.8) is 0 Å². The third-order valence-electron chi connectivity index (χ3n) is 6.04. The molecule has 1 atom stereocenters. The highest BCUT2D eigenvalue weighted by Crippen LogP contribution is 2.32. The lowest BCUT2D eigenvalue weighted by atomic mass is 10.1. The second-order valence-corrected chi connectivity index (χ2v) is 11.5. The molecule has 1 amide bonds. The Balaban J connectivity index is 1.48. The Morgan fingerprint density at radius 1 is 1.24 bits per heavy atom. The van der Waals surface area contributed by atoms with Crippen molar-refractivity contribution >= 4 is 42.4 Å². The lowest BCUT2D eigenvalue weighted by Gasteiger charge is -2.23. The number of sulfone groups is 1. The molecule has 34 heavy (non-hydrogen) atoms. The fourth-order valence-electron chi connectivity index (χ4n) is 4.12. The van der Waals surface area contributed by atoms with Crippen molar-refractivity contribution in [3.8, 4) is 5.75 Å². The van der Waals surface area contributed by atoms with Crippen LogP contribution in [0.4, 0.5) is 5.13 Å². The molecule has 2 heterocycles. The Morgan fingerprint density at radius 2 is 2.03 bits per heavy atom. The minimum atomic E-state index is -3.49. The number of carbonyl (C=O) groups excluding carboxylic acids is 1. The largest absolute Gasteiger partial charge is 0.497 e. The lowest BCUT2D eigenvalue weighted by Crippen LogP contribution is -2.37. The van der Waals surface area contributed by atoms with Crippen LogP contribution in [-0.2, 0) is 25.8 Å². The second-order valence-electron chi connectivity index (χ2n) is 8.35. The van der Waals surface area contributed by atoms with E-state index in [1.54, 1.807) is 17.0 Å². The molecular formula is C25H30N2O5S2. The van der Waals surface area contributed by atoms with Crippen molar-refractivity contribution in [2.45, 2.75) is 50.0 Å². The summed E-state index contributed by atoms with van der Waals surface area (Å²) in [5, 5.41) is 0.648. The predicted molar refractivity (Wildman–Crippen MR) is 135 cm³/mol. The van der Waals surface area contributed by atoms with Crippen LogP contribution in [-0.4, -0.2) is 51.4 Å². The maximum absolute atomic E-state index is 13.3. The highest BCUT2D eigenvalue weighted by molar-refractivity contribution is 7.91. The molecule has 7 nitrogen and oxygen atoms in total. The number of carbonyl (C=O) groups is 1. The number of ether oxygens (including phenoxy) is 2. The molecule has 3 aromatic rings. The standard InChI is InChI=1S/C25H30N2O5S2/c1-3-18-7-4-9-22-24(18)26-25(33-22)27(17-20-8-5-15-32-20)23(28)10-6-16-34(29,30)21-13-11-19(31-2)12-14-21/h4,7,9,11-14,20H,3,5-6,8,10,15-17H2,1-2H3. The third-order valence-corrected chi connectivity index (χ3v) is 8.90. The van der Waals surface area contributed by atoms with Gasteiger partial charge in [-0.05, 0) is 61.6 Å². The van der Waals surface area contributed by atoms with E-state index in [1.165, 1.54) is 30.6 Å². The van der Waals surface area contributed by atoms with Crippen molar-refractivity contribution < 1.29 is 22.7 Å². The van der Waals surface area contributed by atoms with E-state index < -0.39 is 9.84 Å². The number of methoxy groups -OCH3 is 1. The number of para-hydroxylation sites is 1. The lowest BCUT2D eigenvalue weighted by molar-refractivity contribution is -0.119. The number of rotatable bonds is 10. The predicted octanol–water partition coefficient (Wildman–Crippen LogP) is 4.63. The van der Waals surface area contributed by atoms with Gasteiger partial charge in [-0.2, -0.15) is 0 Å². The molecule has 182 valence electrons. The van der Waals surface area contributed by atoms with Crippen LogP contribution in [0.3, 0.4) is 0 Å². The summed E-state index contributed by atoms with van der Waals surface area (Å²) in [6, 6.07) is 12.4. The van der Waals surface area contributed by atoms with Gasteiger partial charge in [-0.25, -0.2) is 13.4 Å². The number of fused-ring (bicyclic) bond motifs is 1. The van der Waals surface area contributed by atoms with Crippen LogP contribution < -0.4 is 9.64 Å². The zero-order chi connectivity index (χ0) is 24.1. The first-order valence-electron chi connectivity index (χ1n) is 11.6. The van der Waals surface area contributed by atoms with Crippen LogP contribution in [0.2, 0.25) is 0 Å². The summed E-state index contributed by atoms with van der Waals surface area (Å²) in [7, 11) is -1.95. The Kier molecular flexibility index (Phi) is 7.85. The summed E-state index contributed by atoms with van der Waals surface area (Å²) in [6.45, 7) is 3.23.